The van der Waals surface area contributed by atoms with Crippen molar-refractivity contribution in [3.8, 4) is 11.5 Å². The zero-order chi connectivity index (χ0) is 25.9. The van der Waals surface area contributed by atoms with Crippen molar-refractivity contribution in [2.24, 2.45) is 0 Å². The average Bonchev–Trinajstić information content (AvgIpc) is 3.47. The Bertz CT molecular complexity index is 1120. The largest absolute Gasteiger partial charge is 0.497 e. The second-order valence-electron chi connectivity index (χ2n) is 9.06. The number of nitrogens with zero attached hydrogens (tertiary/aromatic N) is 1. The zero-order valence-corrected chi connectivity index (χ0v) is 21.2. The van der Waals surface area contributed by atoms with Gasteiger partial charge in [0.05, 0.1) is 13.2 Å². The molecule has 1 fully saturated rings. The van der Waals surface area contributed by atoms with Crippen LogP contribution >= 0.6 is 0 Å². The van der Waals surface area contributed by atoms with E-state index in [1.165, 1.54) is 0 Å². The second-order valence-corrected chi connectivity index (χ2v) is 9.06. The highest BCUT2D eigenvalue weighted by Gasteiger charge is 2.31. The van der Waals surface area contributed by atoms with Gasteiger partial charge < -0.3 is 24.4 Å². The van der Waals surface area contributed by atoms with Crippen molar-refractivity contribution in [2.75, 3.05) is 26.9 Å². The molecule has 37 heavy (non-hydrogen) atoms. The Kier molecular flexibility index (Phi) is 9.54. The van der Waals surface area contributed by atoms with Gasteiger partial charge in [-0.25, -0.2) is 0 Å². The summed E-state index contributed by atoms with van der Waals surface area (Å²) in [6.07, 6.45) is 2.30. The topological polar surface area (TPSA) is 77.1 Å². The highest BCUT2D eigenvalue weighted by atomic mass is 16.5. The van der Waals surface area contributed by atoms with Gasteiger partial charge in [-0.3, -0.25) is 9.59 Å². The Morgan fingerprint density at radius 2 is 1.65 bits per heavy atom. The first-order chi connectivity index (χ1) is 18.1. The fourth-order valence-electron chi connectivity index (χ4n) is 4.36. The predicted molar refractivity (Wildman–Crippen MR) is 141 cm³/mol. The van der Waals surface area contributed by atoms with Crippen LogP contribution in [0.15, 0.2) is 84.9 Å². The van der Waals surface area contributed by atoms with E-state index in [1.54, 1.807) is 24.1 Å². The number of para-hydroxylation sites is 1. The molecule has 1 aliphatic rings. The summed E-state index contributed by atoms with van der Waals surface area (Å²) in [5, 5.41) is 3.04. The summed E-state index contributed by atoms with van der Waals surface area (Å²) in [5.74, 6) is 0.848. The van der Waals surface area contributed by atoms with Crippen molar-refractivity contribution >= 4 is 11.8 Å². The number of amides is 2. The maximum Gasteiger partial charge on any atom is 0.261 e. The Morgan fingerprint density at radius 1 is 0.946 bits per heavy atom. The van der Waals surface area contributed by atoms with E-state index >= 15 is 0 Å². The van der Waals surface area contributed by atoms with Gasteiger partial charge in [0.1, 0.15) is 17.5 Å². The molecule has 1 N–H and O–H groups in total. The van der Waals surface area contributed by atoms with Crippen molar-refractivity contribution in [3.63, 3.8) is 0 Å². The predicted octanol–water partition coefficient (Wildman–Crippen LogP) is 4.01. The normalized spacial score (nSPS) is 15.5. The van der Waals surface area contributed by atoms with Gasteiger partial charge in [0.15, 0.2) is 6.61 Å². The molecule has 0 aliphatic carbocycles. The van der Waals surface area contributed by atoms with Crippen LogP contribution < -0.4 is 14.8 Å². The summed E-state index contributed by atoms with van der Waals surface area (Å²) in [5.41, 5.74) is 1.86. The third-order valence-corrected chi connectivity index (χ3v) is 6.42. The van der Waals surface area contributed by atoms with Crippen LogP contribution in [0.25, 0.3) is 0 Å². The van der Waals surface area contributed by atoms with Gasteiger partial charge >= 0.3 is 0 Å². The first kappa shape index (κ1) is 26.2. The van der Waals surface area contributed by atoms with Crippen molar-refractivity contribution in [1.82, 2.24) is 10.2 Å². The van der Waals surface area contributed by atoms with Gasteiger partial charge in [0, 0.05) is 26.1 Å². The number of methoxy groups -OCH3 is 1. The molecule has 1 saturated heterocycles. The van der Waals surface area contributed by atoms with E-state index in [0.717, 1.165) is 29.7 Å². The van der Waals surface area contributed by atoms with Crippen molar-refractivity contribution < 1.29 is 23.8 Å². The summed E-state index contributed by atoms with van der Waals surface area (Å²) >= 11 is 0. The fraction of sp³-hybridized carbons (Fsp3) is 0.333. The van der Waals surface area contributed by atoms with Crippen molar-refractivity contribution in [1.29, 1.82) is 0 Å². The highest BCUT2D eigenvalue weighted by Crippen LogP contribution is 2.19. The lowest BCUT2D eigenvalue weighted by Crippen LogP contribution is -2.52. The minimum absolute atomic E-state index is 0.00785. The van der Waals surface area contributed by atoms with Gasteiger partial charge in [0.2, 0.25) is 5.91 Å². The van der Waals surface area contributed by atoms with E-state index in [1.807, 2.05) is 72.8 Å². The minimum atomic E-state index is -0.724. The van der Waals surface area contributed by atoms with Crippen LogP contribution in [0.1, 0.15) is 24.0 Å². The van der Waals surface area contributed by atoms with E-state index in [2.05, 4.69) is 5.32 Å². The molecular weight excluding hydrogens is 468 g/mol. The molecule has 3 aromatic rings. The molecule has 3 aromatic carbocycles. The van der Waals surface area contributed by atoms with Crippen LogP contribution in [0, 0.1) is 0 Å². The monoisotopic (exact) mass is 502 g/mol. The maximum atomic E-state index is 13.6. The Hall–Kier alpha value is -3.84. The Morgan fingerprint density at radius 3 is 2.30 bits per heavy atom. The minimum Gasteiger partial charge on any atom is -0.497 e. The molecule has 0 aromatic heterocycles. The van der Waals surface area contributed by atoms with Crippen LogP contribution in [-0.2, 0) is 27.3 Å². The summed E-state index contributed by atoms with van der Waals surface area (Å²) in [6, 6.07) is 25.7. The summed E-state index contributed by atoms with van der Waals surface area (Å²) in [6.45, 7) is 1.22. The van der Waals surface area contributed by atoms with Gasteiger partial charge in [-0.1, -0.05) is 60.7 Å². The molecule has 0 bridgehead atoms. The maximum absolute atomic E-state index is 13.6. The van der Waals surface area contributed by atoms with Gasteiger partial charge in [0.25, 0.3) is 5.91 Å². The van der Waals surface area contributed by atoms with Gasteiger partial charge in [-0.15, -0.1) is 0 Å². The molecule has 2 amide bonds. The Balaban J connectivity index is 1.58. The summed E-state index contributed by atoms with van der Waals surface area (Å²) in [7, 11) is 1.61. The van der Waals surface area contributed by atoms with E-state index in [9.17, 15) is 9.59 Å². The number of carbonyl (C=O) groups excluding carboxylic acids is 2. The molecule has 7 nitrogen and oxygen atoms in total. The van der Waals surface area contributed by atoms with E-state index < -0.39 is 6.04 Å². The lowest BCUT2D eigenvalue weighted by atomic mass is 10.0. The zero-order valence-electron chi connectivity index (χ0n) is 21.2. The van der Waals surface area contributed by atoms with E-state index in [0.29, 0.717) is 25.3 Å². The SMILES string of the molecule is COc1ccc(CN(C(=O)COc2ccccc2)C(Cc2ccccc2)C(=O)NCC2CCCO2)cc1. The molecule has 2 unspecified atom stereocenters. The molecule has 194 valence electrons. The molecule has 4 rings (SSSR count). The van der Waals surface area contributed by atoms with Crippen LogP contribution in [0.3, 0.4) is 0 Å². The van der Waals surface area contributed by atoms with Crippen LogP contribution in [0.4, 0.5) is 0 Å². The Labute approximate surface area is 218 Å². The smallest absolute Gasteiger partial charge is 0.261 e. The lowest BCUT2D eigenvalue weighted by molar-refractivity contribution is -0.143. The third kappa shape index (κ3) is 7.82. The highest BCUT2D eigenvalue weighted by molar-refractivity contribution is 5.88. The number of rotatable bonds is 12. The summed E-state index contributed by atoms with van der Waals surface area (Å²) < 4.78 is 16.7. The van der Waals surface area contributed by atoms with Crippen molar-refractivity contribution in [3.05, 3.63) is 96.1 Å². The summed E-state index contributed by atoms with van der Waals surface area (Å²) in [4.78, 5) is 28.8. The first-order valence-corrected chi connectivity index (χ1v) is 12.7. The number of nitrogens with one attached hydrogen (secondary N) is 1. The van der Waals surface area contributed by atoms with Crippen molar-refractivity contribution in [2.45, 2.75) is 38.0 Å². The molecular formula is C30H34N2O5. The van der Waals surface area contributed by atoms with E-state index in [4.69, 9.17) is 14.2 Å². The molecule has 0 radical (unpaired) electrons. The number of carbonyl (C=O) groups is 2. The van der Waals surface area contributed by atoms with Crippen LogP contribution in [-0.4, -0.2) is 55.7 Å². The fourth-order valence-corrected chi connectivity index (χ4v) is 4.36. The number of hydrogen-bond acceptors (Lipinski definition) is 5. The lowest BCUT2D eigenvalue weighted by Gasteiger charge is -2.31. The van der Waals surface area contributed by atoms with Crippen LogP contribution in [0.2, 0.25) is 0 Å². The number of benzene rings is 3. The third-order valence-electron chi connectivity index (χ3n) is 6.42. The number of hydrogen-bond donors (Lipinski definition) is 1. The molecule has 1 heterocycles. The second kappa shape index (κ2) is 13.5. The molecule has 7 heteroatoms. The number of ether oxygens (including phenoxy) is 3. The average molecular weight is 503 g/mol. The standard InChI is InChI=1S/C30H34N2O5/c1-35-25-16-14-24(15-17-25)21-32(29(33)22-37-26-11-6-3-7-12-26)28(19-23-9-4-2-5-10-23)30(34)31-20-27-13-8-18-36-27/h2-7,9-12,14-17,27-28H,8,13,18-22H2,1H3,(H,31,34). The van der Waals surface area contributed by atoms with Gasteiger partial charge in [-0.2, -0.15) is 0 Å². The van der Waals surface area contributed by atoms with E-state index in [-0.39, 0.29) is 31.1 Å². The quantitative estimate of drug-likeness (QED) is 0.405. The van der Waals surface area contributed by atoms with Crippen LogP contribution in [0.5, 0.6) is 11.5 Å². The molecule has 0 saturated carbocycles. The van der Waals surface area contributed by atoms with Gasteiger partial charge in [-0.05, 0) is 48.2 Å². The first-order valence-electron chi connectivity index (χ1n) is 12.7. The molecule has 1 aliphatic heterocycles. The molecule has 2 atom stereocenters. The molecule has 0 spiro atoms.